The number of benzene rings is 2. The van der Waals surface area contributed by atoms with E-state index in [-0.39, 0.29) is 16.5 Å². The van der Waals surface area contributed by atoms with E-state index in [0.717, 1.165) is 10.3 Å². The number of aromatic hydroxyl groups is 1. The van der Waals surface area contributed by atoms with Crippen LogP contribution in [0.3, 0.4) is 0 Å². The molecule has 6 nitrogen and oxygen atoms in total. The third kappa shape index (κ3) is 3.72. The van der Waals surface area contributed by atoms with Crippen LogP contribution in [-0.2, 0) is 0 Å². The van der Waals surface area contributed by atoms with Crippen molar-refractivity contribution in [3.63, 3.8) is 0 Å². The number of nitro benzene ring substituents is 1. The van der Waals surface area contributed by atoms with Crippen LogP contribution in [0.15, 0.2) is 30.3 Å². The van der Waals surface area contributed by atoms with E-state index in [1.54, 1.807) is 30.4 Å². The van der Waals surface area contributed by atoms with Gasteiger partial charge in [0.1, 0.15) is 5.01 Å². The third-order valence-corrected chi connectivity index (χ3v) is 4.66. The molecule has 3 aromatic rings. The highest BCUT2D eigenvalue weighted by atomic mass is 35.5. The molecule has 0 saturated heterocycles. The minimum Gasteiger partial charge on any atom is -0.503 e. The maximum atomic E-state index is 10.8. The first-order valence-corrected chi connectivity index (χ1v) is 8.55. The molecule has 8 heteroatoms. The number of fused-ring (bicyclic) bond motifs is 1. The summed E-state index contributed by atoms with van der Waals surface area (Å²) in [7, 11) is 0. The van der Waals surface area contributed by atoms with Crippen LogP contribution in [0.2, 0.25) is 5.02 Å². The summed E-state index contributed by atoms with van der Waals surface area (Å²) in [5, 5.41) is 21.6. The number of phenols is 1. The Labute approximate surface area is 152 Å². The second kappa shape index (κ2) is 7.08. The monoisotopic (exact) mass is 376 g/mol. The third-order valence-electron chi connectivity index (χ3n) is 3.37. The fraction of sp³-hybridized carbons (Fsp3) is 0.118. The number of halogens is 1. The standard InChI is InChI=1S/C17H13ClN2O4S/c1-2-24-14-8-10(7-12(18)17(14)21)3-6-16-19-13-9-11(20(22)23)4-5-15(13)25-16/h3-9,21H,2H2,1H3/b6-3+. The van der Waals surface area contributed by atoms with Gasteiger partial charge in [-0.25, -0.2) is 4.98 Å². The van der Waals surface area contributed by atoms with Gasteiger partial charge in [-0.2, -0.15) is 0 Å². The van der Waals surface area contributed by atoms with Crippen molar-refractivity contribution in [1.82, 2.24) is 4.98 Å². The van der Waals surface area contributed by atoms with Gasteiger partial charge in [0, 0.05) is 12.1 Å². The molecule has 1 heterocycles. The maximum Gasteiger partial charge on any atom is 0.271 e. The highest BCUT2D eigenvalue weighted by molar-refractivity contribution is 7.19. The zero-order valence-corrected chi connectivity index (χ0v) is 14.7. The Bertz CT molecular complexity index is 984. The maximum absolute atomic E-state index is 10.8. The fourth-order valence-corrected chi connectivity index (χ4v) is 3.31. The van der Waals surface area contributed by atoms with Crippen molar-refractivity contribution in [2.75, 3.05) is 6.61 Å². The topological polar surface area (TPSA) is 85.5 Å². The van der Waals surface area contributed by atoms with Gasteiger partial charge < -0.3 is 9.84 Å². The zero-order chi connectivity index (χ0) is 18.0. The van der Waals surface area contributed by atoms with Gasteiger partial charge in [-0.15, -0.1) is 11.3 Å². The van der Waals surface area contributed by atoms with Crippen molar-refractivity contribution in [3.05, 3.63) is 56.0 Å². The van der Waals surface area contributed by atoms with Crippen LogP contribution in [0.25, 0.3) is 22.4 Å². The van der Waals surface area contributed by atoms with Crippen LogP contribution in [0.1, 0.15) is 17.5 Å². The van der Waals surface area contributed by atoms with Crippen molar-refractivity contribution in [2.24, 2.45) is 0 Å². The molecule has 1 aromatic heterocycles. The molecule has 1 N–H and O–H groups in total. The molecule has 128 valence electrons. The minimum absolute atomic E-state index is 0.0139. The molecule has 0 fully saturated rings. The Kier molecular flexibility index (Phi) is 4.87. The summed E-state index contributed by atoms with van der Waals surface area (Å²) in [6.45, 7) is 2.23. The normalized spacial score (nSPS) is 11.3. The number of rotatable bonds is 5. The van der Waals surface area contributed by atoms with E-state index < -0.39 is 4.92 Å². The zero-order valence-electron chi connectivity index (χ0n) is 13.1. The highest BCUT2D eigenvalue weighted by Gasteiger charge is 2.10. The Morgan fingerprint density at radius 2 is 2.16 bits per heavy atom. The number of hydrogen-bond acceptors (Lipinski definition) is 6. The van der Waals surface area contributed by atoms with Crippen molar-refractivity contribution in [3.8, 4) is 11.5 Å². The quantitative estimate of drug-likeness (QED) is 0.492. The van der Waals surface area contributed by atoms with E-state index in [2.05, 4.69) is 4.98 Å². The molecule has 0 bridgehead atoms. The molecule has 3 rings (SSSR count). The van der Waals surface area contributed by atoms with Gasteiger partial charge in [-0.1, -0.05) is 17.7 Å². The predicted molar refractivity (Wildman–Crippen MR) is 99.5 cm³/mol. The second-order valence-corrected chi connectivity index (χ2v) is 6.55. The number of phenolic OH excluding ortho intramolecular Hbond substituents is 1. The predicted octanol–water partition coefficient (Wildman–Crippen LogP) is 5.13. The Morgan fingerprint density at radius 1 is 1.36 bits per heavy atom. The Morgan fingerprint density at radius 3 is 2.88 bits per heavy atom. The van der Waals surface area contributed by atoms with Crippen molar-refractivity contribution < 1.29 is 14.8 Å². The lowest BCUT2D eigenvalue weighted by Crippen LogP contribution is -1.92. The van der Waals surface area contributed by atoms with Gasteiger partial charge in [0.2, 0.25) is 0 Å². The van der Waals surface area contributed by atoms with Gasteiger partial charge in [-0.3, -0.25) is 10.1 Å². The SMILES string of the molecule is CCOc1cc(/C=C/c2nc3cc([N+](=O)[O-])ccc3s2)cc(Cl)c1O. The van der Waals surface area contributed by atoms with E-state index in [9.17, 15) is 15.2 Å². The molecule has 0 spiro atoms. The molecule has 2 aromatic carbocycles. The number of non-ortho nitro benzene ring substituents is 1. The lowest BCUT2D eigenvalue weighted by molar-refractivity contribution is -0.384. The van der Waals surface area contributed by atoms with E-state index in [4.69, 9.17) is 16.3 Å². The lowest BCUT2D eigenvalue weighted by atomic mass is 10.2. The molecule has 0 atom stereocenters. The number of ether oxygens (including phenoxy) is 1. The van der Waals surface area contributed by atoms with Crippen LogP contribution in [0.4, 0.5) is 5.69 Å². The van der Waals surface area contributed by atoms with Crippen molar-refractivity contribution >= 4 is 51.0 Å². The minimum atomic E-state index is -0.442. The smallest absolute Gasteiger partial charge is 0.271 e. The molecule has 0 aliphatic rings. The van der Waals surface area contributed by atoms with Crippen molar-refractivity contribution in [1.29, 1.82) is 0 Å². The first-order valence-electron chi connectivity index (χ1n) is 7.36. The first kappa shape index (κ1) is 17.2. The largest absolute Gasteiger partial charge is 0.503 e. The second-order valence-electron chi connectivity index (χ2n) is 5.08. The van der Waals surface area contributed by atoms with Gasteiger partial charge in [0.25, 0.3) is 5.69 Å². The van der Waals surface area contributed by atoms with Crippen LogP contribution in [0.5, 0.6) is 11.5 Å². The van der Waals surface area contributed by atoms with E-state index in [1.165, 1.54) is 23.5 Å². The summed E-state index contributed by atoms with van der Waals surface area (Å²) in [6, 6.07) is 7.90. The number of hydrogen-bond donors (Lipinski definition) is 1. The molecule has 25 heavy (non-hydrogen) atoms. The van der Waals surface area contributed by atoms with Crippen LogP contribution >= 0.6 is 22.9 Å². The number of aromatic nitrogens is 1. The summed E-state index contributed by atoms with van der Waals surface area (Å²) in [5.41, 5.74) is 1.34. The Hall–Kier alpha value is -2.64. The van der Waals surface area contributed by atoms with Crippen molar-refractivity contribution in [2.45, 2.75) is 6.92 Å². The van der Waals surface area contributed by atoms with Gasteiger partial charge in [-0.05, 0) is 36.8 Å². The fourth-order valence-electron chi connectivity index (χ4n) is 2.24. The van der Waals surface area contributed by atoms with Crippen LogP contribution < -0.4 is 4.74 Å². The summed E-state index contributed by atoms with van der Waals surface area (Å²) < 4.78 is 6.21. The van der Waals surface area contributed by atoms with E-state index in [1.807, 2.05) is 6.92 Å². The molecular weight excluding hydrogens is 364 g/mol. The lowest BCUT2D eigenvalue weighted by Gasteiger charge is -2.08. The summed E-state index contributed by atoms with van der Waals surface area (Å²) in [4.78, 5) is 14.8. The molecule has 0 radical (unpaired) electrons. The molecule has 0 unspecified atom stereocenters. The molecule has 0 amide bonds. The summed E-state index contributed by atoms with van der Waals surface area (Å²) in [6.07, 6.45) is 3.58. The van der Waals surface area contributed by atoms with Gasteiger partial charge in [0.05, 0.1) is 26.8 Å². The van der Waals surface area contributed by atoms with Crippen LogP contribution in [-0.4, -0.2) is 21.6 Å². The number of nitro groups is 1. The summed E-state index contributed by atoms with van der Waals surface area (Å²) >= 11 is 7.43. The molecule has 0 aliphatic carbocycles. The highest BCUT2D eigenvalue weighted by Crippen LogP contribution is 2.36. The first-order chi connectivity index (χ1) is 12.0. The van der Waals surface area contributed by atoms with Crippen LogP contribution in [0, 0.1) is 10.1 Å². The van der Waals surface area contributed by atoms with Gasteiger partial charge >= 0.3 is 0 Å². The Balaban J connectivity index is 1.91. The molecular formula is C17H13ClN2O4S. The average Bonchev–Trinajstić information content (AvgIpc) is 2.99. The molecule has 0 saturated carbocycles. The van der Waals surface area contributed by atoms with E-state index >= 15 is 0 Å². The van der Waals surface area contributed by atoms with Gasteiger partial charge in [0.15, 0.2) is 11.5 Å². The average molecular weight is 377 g/mol. The van der Waals surface area contributed by atoms with E-state index in [0.29, 0.717) is 22.9 Å². The number of thiazole rings is 1. The molecule has 0 aliphatic heterocycles. The number of nitrogens with zero attached hydrogens (tertiary/aromatic N) is 2. The summed E-state index contributed by atoms with van der Waals surface area (Å²) in [5.74, 6) is 0.225.